The number of carbonyl (C=O) groups excluding carboxylic acids is 1. The van der Waals surface area contributed by atoms with Gasteiger partial charge in [-0.05, 0) is 54.0 Å². The Morgan fingerprint density at radius 2 is 1.85 bits per heavy atom. The molecule has 1 N–H and O–H groups in total. The summed E-state index contributed by atoms with van der Waals surface area (Å²) in [4.78, 5) is 14.5. The second-order valence-electron chi connectivity index (χ2n) is 5.73. The number of ether oxygens (including phenoxy) is 2. The fourth-order valence-corrected chi connectivity index (χ4v) is 3.18. The number of hydrogen-bond donors (Lipinski definition) is 1. The molecule has 26 heavy (non-hydrogen) atoms. The first-order chi connectivity index (χ1) is 12.6. The SMILES string of the molecule is CCc1ccccc1N1C(=O)/C(=C/c2ccc(OC)c(OC)c2)NC1=S. The van der Waals surface area contributed by atoms with Crippen LogP contribution in [0.15, 0.2) is 48.2 Å². The van der Waals surface area contributed by atoms with Crippen molar-refractivity contribution in [1.82, 2.24) is 5.32 Å². The lowest BCUT2D eigenvalue weighted by Crippen LogP contribution is -2.31. The fraction of sp³-hybridized carbons (Fsp3) is 0.200. The highest BCUT2D eigenvalue weighted by Crippen LogP contribution is 2.30. The second kappa shape index (κ2) is 7.58. The van der Waals surface area contributed by atoms with Gasteiger partial charge < -0.3 is 14.8 Å². The Hall–Kier alpha value is -2.86. The van der Waals surface area contributed by atoms with Crippen LogP contribution in [0.5, 0.6) is 11.5 Å². The summed E-state index contributed by atoms with van der Waals surface area (Å²) in [6.07, 6.45) is 2.57. The Morgan fingerprint density at radius 1 is 1.12 bits per heavy atom. The number of methoxy groups -OCH3 is 2. The number of nitrogens with one attached hydrogen (secondary N) is 1. The van der Waals surface area contributed by atoms with Crippen molar-refractivity contribution in [3.63, 3.8) is 0 Å². The van der Waals surface area contributed by atoms with Crippen LogP contribution in [0.1, 0.15) is 18.1 Å². The molecule has 1 saturated heterocycles. The van der Waals surface area contributed by atoms with Crippen molar-refractivity contribution < 1.29 is 14.3 Å². The van der Waals surface area contributed by atoms with E-state index in [-0.39, 0.29) is 5.91 Å². The minimum Gasteiger partial charge on any atom is -0.493 e. The van der Waals surface area contributed by atoms with E-state index < -0.39 is 0 Å². The van der Waals surface area contributed by atoms with Crippen LogP contribution in [0.25, 0.3) is 6.08 Å². The summed E-state index contributed by atoms with van der Waals surface area (Å²) >= 11 is 5.40. The third kappa shape index (κ3) is 3.28. The van der Waals surface area contributed by atoms with Gasteiger partial charge in [0.15, 0.2) is 16.6 Å². The Morgan fingerprint density at radius 3 is 2.54 bits per heavy atom. The fourth-order valence-electron chi connectivity index (χ4n) is 2.89. The molecule has 1 aliphatic heterocycles. The van der Waals surface area contributed by atoms with Gasteiger partial charge in [-0.1, -0.05) is 31.2 Å². The van der Waals surface area contributed by atoms with Crippen molar-refractivity contribution in [2.24, 2.45) is 0 Å². The third-order valence-corrected chi connectivity index (χ3v) is 4.49. The highest BCUT2D eigenvalue weighted by atomic mass is 32.1. The number of nitrogens with zero attached hydrogens (tertiary/aromatic N) is 1. The lowest BCUT2D eigenvalue weighted by atomic mass is 10.1. The Balaban J connectivity index is 1.95. The van der Waals surface area contributed by atoms with Crippen molar-refractivity contribution in [2.75, 3.05) is 19.1 Å². The van der Waals surface area contributed by atoms with E-state index in [9.17, 15) is 4.79 Å². The predicted molar refractivity (Wildman–Crippen MR) is 107 cm³/mol. The maximum absolute atomic E-state index is 12.9. The smallest absolute Gasteiger partial charge is 0.281 e. The van der Waals surface area contributed by atoms with Gasteiger partial charge in [-0.2, -0.15) is 0 Å². The lowest BCUT2D eigenvalue weighted by molar-refractivity contribution is -0.113. The molecule has 2 aromatic carbocycles. The van der Waals surface area contributed by atoms with Gasteiger partial charge in [-0.25, -0.2) is 0 Å². The van der Waals surface area contributed by atoms with Crippen molar-refractivity contribution in [1.29, 1.82) is 0 Å². The van der Waals surface area contributed by atoms with Crippen LogP contribution in [-0.4, -0.2) is 25.2 Å². The molecule has 3 rings (SSSR count). The standard InChI is InChI=1S/C20H20N2O3S/c1-4-14-7-5-6-8-16(14)22-19(23)15(21-20(22)26)11-13-9-10-17(24-2)18(12-13)25-3/h5-12H,4H2,1-3H3,(H,21,26)/b15-11-. The van der Waals surface area contributed by atoms with Gasteiger partial charge in [0.05, 0.1) is 19.9 Å². The highest BCUT2D eigenvalue weighted by molar-refractivity contribution is 7.80. The van der Waals surface area contributed by atoms with Gasteiger partial charge in [0, 0.05) is 0 Å². The summed E-state index contributed by atoms with van der Waals surface area (Å²) in [5, 5.41) is 3.39. The molecule has 0 saturated carbocycles. The van der Waals surface area contributed by atoms with E-state index in [1.165, 1.54) is 0 Å². The number of hydrogen-bond acceptors (Lipinski definition) is 4. The zero-order valence-electron chi connectivity index (χ0n) is 14.9. The molecule has 6 heteroatoms. The maximum Gasteiger partial charge on any atom is 0.281 e. The van der Waals surface area contributed by atoms with Gasteiger partial charge in [-0.15, -0.1) is 0 Å². The molecule has 0 radical (unpaired) electrons. The Bertz CT molecular complexity index is 892. The molecule has 0 bridgehead atoms. The van der Waals surface area contributed by atoms with Crippen molar-refractivity contribution in [3.05, 3.63) is 59.3 Å². The molecular formula is C20H20N2O3S. The predicted octanol–water partition coefficient (Wildman–Crippen LogP) is 3.53. The van der Waals surface area contributed by atoms with E-state index in [0.717, 1.165) is 23.2 Å². The number of aryl methyl sites for hydroxylation is 1. The highest BCUT2D eigenvalue weighted by Gasteiger charge is 2.32. The number of anilines is 1. The Labute approximate surface area is 158 Å². The van der Waals surface area contributed by atoms with Crippen LogP contribution in [0.4, 0.5) is 5.69 Å². The number of carbonyl (C=O) groups is 1. The monoisotopic (exact) mass is 368 g/mol. The molecule has 5 nitrogen and oxygen atoms in total. The largest absolute Gasteiger partial charge is 0.493 e. The van der Waals surface area contributed by atoms with E-state index in [4.69, 9.17) is 21.7 Å². The molecule has 0 aliphatic carbocycles. The van der Waals surface area contributed by atoms with Gasteiger partial charge in [0.25, 0.3) is 5.91 Å². The molecule has 1 fully saturated rings. The summed E-state index contributed by atoms with van der Waals surface area (Å²) in [6, 6.07) is 13.2. The molecule has 0 spiro atoms. The van der Waals surface area contributed by atoms with Gasteiger partial charge >= 0.3 is 0 Å². The minimum atomic E-state index is -0.175. The van der Waals surface area contributed by atoms with Crippen LogP contribution in [0.3, 0.4) is 0 Å². The summed E-state index contributed by atoms with van der Waals surface area (Å²) in [7, 11) is 3.16. The Kier molecular flexibility index (Phi) is 5.23. The second-order valence-corrected chi connectivity index (χ2v) is 6.11. The molecule has 0 aromatic heterocycles. The van der Waals surface area contributed by atoms with E-state index in [0.29, 0.717) is 22.3 Å². The summed E-state index contributed by atoms with van der Waals surface area (Å²) < 4.78 is 10.6. The van der Waals surface area contributed by atoms with Crippen molar-refractivity contribution >= 4 is 35.0 Å². The first kappa shape index (κ1) is 17.9. The van der Waals surface area contributed by atoms with Gasteiger partial charge in [0.1, 0.15) is 5.70 Å². The molecule has 0 atom stereocenters. The van der Waals surface area contributed by atoms with Crippen LogP contribution < -0.4 is 19.7 Å². The number of thiocarbonyl (C=S) groups is 1. The molecule has 1 aliphatic rings. The maximum atomic E-state index is 12.9. The number of amides is 1. The number of rotatable bonds is 5. The molecule has 0 unspecified atom stereocenters. The molecule has 134 valence electrons. The summed E-state index contributed by atoms with van der Waals surface area (Å²) in [6.45, 7) is 2.05. The average Bonchev–Trinajstić information content (AvgIpc) is 2.94. The van der Waals surface area contributed by atoms with Crippen LogP contribution in [-0.2, 0) is 11.2 Å². The minimum absolute atomic E-state index is 0.175. The lowest BCUT2D eigenvalue weighted by Gasteiger charge is -2.17. The zero-order valence-corrected chi connectivity index (χ0v) is 15.7. The van der Waals surface area contributed by atoms with Crippen molar-refractivity contribution in [2.45, 2.75) is 13.3 Å². The normalized spacial score (nSPS) is 15.3. The van der Waals surface area contributed by atoms with Crippen LogP contribution in [0, 0.1) is 0 Å². The average molecular weight is 368 g/mol. The van der Waals surface area contributed by atoms with E-state index >= 15 is 0 Å². The summed E-state index contributed by atoms with van der Waals surface area (Å²) in [5.74, 6) is 1.06. The molecule has 1 amide bonds. The molecule has 1 heterocycles. The van der Waals surface area contributed by atoms with Gasteiger partial charge in [-0.3, -0.25) is 9.69 Å². The first-order valence-corrected chi connectivity index (χ1v) is 8.67. The van der Waals surface area contributed by atoms with E-state index in [1.54, 1.807) is 31.3 Å². The zero-order chi connectivity index (χ0) is 18.7. The molecule has 2 aromatic rings. The van der Waals surface area contributed by atoms with Gasteiger partial charge in [0.2, 0.25) is 0 Å². The summed E-state index contributed by atoms with van der Waals surface area (Å²) in [5.41, 5.74) is 3.12. The third-order valence-electron chi connectivity index (χ3n) is 4.21. The van der Waals surface area contributed by atoms with E-state index in [1.807, 2.05) is 36.4 Å². The van der Waals surface area contributed by atoms with Crippen molar-refractivity contribution in [3.8, 4) is 11.5 Å². The topological polar surface area (TPSA) is 50.8 Å². The quantitative estimate of drug-likeness (QED) is 0.646. The van der Waals surface area contributed by atoms with E-state index in [2.05, 4.69) is 12.2 Å². The number of para-hydroxylation sites is 1. The first-order valence-electron chi connectivity index (χ1n) is 8.26. The van der Waals surface area contributed by atoms with Crippen LogP contribution in [0.2, 0.25) is 0 Å². The number of benzene rings is 2. The molecular weight excluding hydrogens is 348 g/mol. The van der Waals surface area contributed by atoms with Crippen LogP contribution >= 0.6 is 12.2 Å².